The Morgan fingerprint density at radius 2 is 2.26 bits per heavy atom. The zero-order valence-electron chi connectivity index (χ0n) is 11.1. The Bertz CT molecular complexity index is 454. The summed E-state index contributed by atoms with van der Waals surface area (Å²) >= 11 is 5.75. The van der Waals surface area contributed by atoms with E-state index in [2.05, 4.69) is 10.1 Å². The highest BCUT2D eigenvalue weighted by Crippen LogP contribution is 2.17. The fraction of sp³-hybridized carbons (Fsp3) is 0.462. The van der Waals surface area contributed by atoms with Crippen LogP contribution in [0.15, 0.2) is 23.4 Å². The summed E-state index contributed by atoms with van der Waals surface area (Å²) in [4.78, 5) is 2.12. The summed E-state index contributed by atoms with van der Waals surface area (Å²) in [6.07, 6.45) is 0. The molecule has 1 atom stereocenters. The molecule has 1 rings (SSSR count). The van der Waals surface area contributed by atoms with Crippen LogP contribution in [0, 0.1) is 11.7 Å². The average Bonchev–Trinajstić information content (AvgIpc) is 2.40. The van der Waals surface area contributed by atoms with E-state index in [9.17, 15) is 4.39 Å². The fourth-order valence-electron chi connectivity index (χ4n) is 1.78. The molecule has 6 heteroatoms. The molecule has 0 saturated carbocycles. The highest BCUT2D eigenvalue weighted by atomic mass is 35.5. The summed E-state index contributed by atoms with van der Waals surface area (Å²) in [7, 11) is 0. The molecule has 0 radical (unpaired) electrons. The molecule has 0 amide bonds. The minimum atomic E-state index is -0.418. The van der Waals surface area contributed by atoms with Crippen molar-refractivity contribution in [2.45, 2.75) is 20.4 Å². The van der Waals surface area contributed by atoms with E-state index in [1.54, 1.807) is 12.1 Å². The summed E-state index contributed by atoms with van der Waals surface area (Å²) in [5.74, 6) is -0.269. The predicted molar refractivity (Wildman–Crippen MR) is 74.9 cm³/mol. The smallest absolute Gasteiger partial charge is 0.143 e. The van der Waals surface area contributed by atoms with E-state index < -0.39 is 5.82 Å². The first-order chi connectivity index (χ1) is 8.97. The van der Waals surface area contributed by atoms with E-state index in [4.69, 9.17) is 22.5 Å². The van der Waals surface area contributed by atoms with E-state index in [0.29, 0.717) is 13.1 Å². The largest absolute Gasteiger partial charge is 0.409 e. The summed E-state index contributed by atoms with van der Waals surface area (Å²) < 4.78 is 13.1. The molecule has 19 heavy (non-hydrogen) atoms. The topological polar surface area (TPSA) is 61.8 Å². The number of oxime groups is 1. The molecule has 0 aromatic heterocycles. The lowest BCUT2D eigenvalue weighted by atomic mass is 10.1. The standard InChI is InChI=1S/C13H19ClFN3O/c1-3-18(7-9(2)13(16)17-19)8-10-4-5-12(15)11(14)6-10/h4-6,9,19H,3,7-8H2,1-2H3,(H2,16,17). The SMILES string of the molecule is CCN(Cc1ccc(F)c(Cl)c1)CC(C)/C(N)=N/O. The van der Waals surface area contributed by atoms with Gasteiger partial charge in [0.15, 0.2) is 0 Å². The van der Waals surface area contributed by atoms with Crippen LogP contribution < -0.4 is 5.73 Å². The Labute approximate surface area is 117 Å². The van der Waals surface area contributed by atoms with E-state index in [1.807, 2.05) is 13.8 Å². The summed E-state index contributed by atoms with van der Waals surface area (Å²) in [5.41, 5.74) is 6.49. The van der Waals surface area contributed by atoms with Crippen molar-refractivity contribution in [2.75, 3.05) is 13.1 Å². The average molecular weight is 288 g/mol. The number of halogens is 2. The van der Waals surface area contributed by atoms with E-state index >= 15 is 0 Å². The molecule has 0 saturated heterocycles. The number of hydrogen-bond acceptors (Lipinski definition) is 3. The van der Waals surface area contributed by atoms with Gasteiger partial charge in [0.05, 0.1) is 5.02 Å². The van der Waals surface area contributed by atoms with Gasteiger partial charge in [-0.05, 0) is 24.2 Å². The number of hydrogen-bond donors (Lipinski definition) is 2. The zero-order valence-corrected chi connectivity index (χ0v) is 11.9. The summed E-state index contributed by atoms with van der Waals surface area (Å²) in [6.45, 7) is 6.00. The molecule has 1 aromatic carbocycles. The molecule has 0 fully saturated rings. The van der Waals surface area contributed by atoms with Crippen molar-refractivity contribution < 1.29 is 9.60 Å². The first kappa shape index (κ1) is 15.7. The van der Waals surface area contributed by atoms with Gasteiger partial charge in [0.2, 0.25) is 0 Å². The van der Waals surface area contributed by atoms with E-state index in [0.717, 1.165) is 12.1 Å². The molecule has 1 aromatic rings. The molecule has 4 nitrogen and oxygen atoms in total. The quantitative estimate of drug-likeness (QED) is 0.366. The first-order valence-electron chi connectivity index (χ1n) is 6.11. The predicted octanol–water partition coefficient (Wildman–Crippen LogP) is 2.68. The van der Waals surface area contributed by atoms with Gasteiger partial charge in [-0.2, -0.15) is 0 Å². The molecule has 0 aliphatic carbocycles. The Morgan fingerprint density at radius 3 is 2.79 bits per heavy atom. The van der Waals surface area contributed by atoms with Gasteiger partial charge in [-0.1, -0.05) is 36.7 Å². The lowest BCUT2D eigenvalue weighted by molar-refractivity contribution is 0.257. The van der Waals surface area contributed by atoms with Crippen molar-refractivity contribution in [2.24, 2.45) is 16.8 Å². The van der Waals surface area contributed by atoms with Crippen molar-refractivity contribution in [1.82, 2.24) is 4.90 Å². The highest BCUT2D eigenvalue weighted by molar-refractivity contribution is 6.30. The van der Waals surface area contributed by atoms with E-state index in [-0.39, 0.29) is 16.8 Å². The lowest BCUT2D eigenvalue weighted by Gasteiger charge is -2.23. The van der Waals surface area contributed by atoms with Crippen LogP contribution in [-0.2, 0) is 6.54 Å². The molecule has 3 N–H and O–H groups in total. The van der Waals surface area contributed by atoms with Gasteiger partial charge in [-0.15, -0.1) is 0 Å². The molecule has 0 heterocycles. The third kappa shape index (κ3) is 4.69. The van der Waals surface area contributed by atoms with Crippen LogP contribution in [-0.4, -0.2) is 29.0 Å². The van der Waals surface area contributed by atoms with Crippen LogP contribution >= 0.6 is 11.6 Å². The Balaban J connectivity index is 2.68. The normalized spacial score (nSPS) is 13.8. The Hall–Kier alpha value is -1.33. The Morgan fingerprint density at radius 1 is 1.58 bits per heavy atom. The highest BCUT2D eigenvalue weighted by Gasteiger charge is 2.13. The second kappa shape index (κ2) is 7.31. The monoisotopic (exact) mass is 287 g/mol. The van der Waals surface area contributed by atoms with Crippen molar-refractivity contribution >= 4 is 17.4 Å². The van der Waals surface area contributed by atoms with Crippen LogP contribution in [0.5, 0.6) is 0 Å². The molecule has 0 spiro atoms. The van der Waals surface area contributed by atoms with Gasteiger partial charge >= 0.3 is 0 Å². The van der Waals surface area contributed by atoms with E-state index in [1.165, 1.54) is 6.07 Å². The molecule has 1 unspecified atom stereocenters. The van der Waals surface area contributed by atoms with Crippen LogP contribution in [0.2, 0.25) is 5.02 Å². The second-order valence-electron chi connectivity index (χ2n) is 4.50. The first-order valence-corrected chi connectivity index (χ1v) is 6.49. The van der Waals surface area contributed by atoms with Gasteiger partial charge in [0.25, 0.3) is 0 Å². The number of nitrogens with zero attached hydrogens (tertiary/aromatic N) is 2. The minimum absolute atomic E-state index is 0.0547. The number of rotatable bonds is 6. The van der Waals surface area contributed by atoms with Crippen LogP contribution in [0.25, 0.3) is 0 Å². The van der Waals surface area contributed by atoms with Crippen molar-refractivity contribution in [3.63, 3.8) is 0 Å². The second-order valence-corrected chi connectivity index (χ2v) is 4.91. The van der Waals surface area contributed by atoms with Crippen LogP contribution in [0.4, 0.5) is 4.39 Å². The van der Waals surface area contributed by atoms with Gasteiger partial charge in [0, 0.05) is 19.0 Å². The third-order valence-corrected chi connectivity index (χ3v) is 3.28. The van der Waals surface area contributed by atoms with Gasteiger partial charge < -0.3 is 10.9 Å². The lowest BCUT2D eigenvalue weighted by Crippen LogP contribution is -2.34. The van der Waals surface area contributed by atoms with Gasteiger partial charge in [-0.25, -0.2) is 4.39 Å². The molecule has 106 valence electrons. The van der Waals surface area contributed by atoms with Crippen LogP contribution in [0.3, 0.4) is 0 Å². The van der Waals surface area contributed by atoms with Crippen molar-refractivity contribution in [1.29, 1.82) is 0 Å². The summed E-state index contributed by atoms with van der Waals surface area (Å²) in [6, 6.07) is 4.68. The van der Waals surface area contributed by atoms with Gasteiger partial charge in [0.1, 0.15) is 11.7 Å². The molecular weight excluding hydrogens is 269 g/mol. The van der Waals surface area contributed by atoms with Crippen molar-refractivity contribution in [3.8, 4) is 0 Å². The number of nitrogens with two attached hydrogens (primary N) is 1. The Kier molecular flexibility index (Phi) is 6.05. The third-order valence-electron chi connectivity index (χ3n) is 2.99. The van der Waals surface area contributed by atoms with Crippen LogP contribution in [0.1, 0.15) is 19.4 Å². The molecule has 0 bridgehead atoms. The number of amidine groups is 1. The maximum absolute atomic E-state index is 13.1. The zero-order chi connectivity index (χ0) is 14.4. The molecule has 0 aliphatic heterocycles. The fourth-order valence-corrected chi connectivity index (χ4v) is 1.98. The minimum Gasteiger partial charge on any atom is -0.409 e. The maximum Gasteiger partial charge on any atom is 0.143 e. The van der Waals surface area contributed by atoms with Gasteiger partial charge in [-0.3, -0.25) is 4.90 Å². The molecular formula is C13H19ClFN3O. The van der Waals surface area contributed by atoms with Crippen molar-refractivity contribution in [3.05, 3.63) is 34.6 Å². The maximum atomic E-state index is 13.1. The molecule has 0 aliphatic rings. The summed E-state index contributed by atoms with van der Waals surface area (Å²) in [5, 5.41) is 11.8. The number of benzene rings is 1.